The molecule has 0 N–H and O–H groups in total. The molecule has 0 amide bonds. The fourth-order valence-electron chi connectivity index (χ4n) is 5.71. The summed E-state index contributed by atoms with van der Waals surface area (Å²) in [6, 6.07) is 0. The Kier molecular flexibility index (Phi) is 25.9. The lowest BCUT2D eigenvalue weighted by molar-refractivity contribution is -0.152. The third-order valence-corrected chi connectivity index (χ3v) is 8.35. The van der Waals surface area contributed by atoms with Crippen LogP contribution in [0.2, 0.25) is 0 Å². The summed E-state index contributed by atoms with van der Waals surface area (Å²) in [4.78, 5) is 36.0. The van der Waals surface area contributed by atoms with E-state index in [9.17, 15) is 14.4 Å². The van der Waals surface area contributed by atoms with Gasteiger partial charge in [0.1, 0.15) is 17.5 Å². The molecule has 1 unspecified atom stereocenters. The number of ketones is 2. The smallest absolute Gasteiger partial charge is 0.316 e. The van der Waals surface area contributed by atoms with Crippen LogP contribution in [0.4, 0.5) is 0 Å². The first-order chi connectivity index (χ1) is 20.1. The van der Waals surface area contributed by atoms with Crippen LogP contribution in [-0.2, 0) is 19.1 Å². The number of Topliss-reactive ketones (excluding diaryl/α,β-unsaturated/α-hetero) is 2. The molecule has 0 radical (unpaired) electrons. The second-order valence-electron chi connectivity index (χ2n) is 12.2. The summed E-state index contributed by atoms with van der Waals surface area (Å²) < 4.78 is 5.10. The molecule has 2 aliphatic carbocycles. The summed E-state index contributed by atoms with van der Waals surface area (Å²) in [7, 11) is 0. The van der Waals surface area contributed by atoms with Gasteiger partial charge in [-0.05, 0) is 84.0 Å². The van der Waals surface area contributed by atoms with Gasteiger partial charge in [0.25, 0.3) is 0 Å². The topological polar surface area (TPSA) is 60.4 Å². The Labute approximate surface area is 253 Å². The monoisotopic (exact) mass is 572 g/mol. The van der Waals surface area contributed by atoms with Crippen LogP contribution in [0.5, 0.6) is 0 Å². The molecule has 0 spiro atoms. The first-order valence-electron chi connectivity index (χ1n) is 17.7. The minimum Gasteiger partial charge on any atom is -0.465 e. The largest absolute Gasteiger partial charge is 0.465 e. The molecule has 2 rings (SSSR count). The van der Waals surface area contributed by atoms with Gasteiger partial charge in [-0.1, -0.05) is 101 Å². The molecule has 0 saturated carbocycles. The van der Waals surface area contributed by atoms with Gasteiger partial charge < -0.3 is 4.74 Å². The highest BCUT2D eigenvalue weighted by molar-refractivity contribution is 5.98. The van der Waals surface area contributed by atoms with Crippen molar-refractivity contribution in [3.8, 4) is 0 Å². The van der Waals surface area contributed by atoms with Crippen LogP contribution >= 0.6 is 0 Å². The van der Waals surface area contributed by atoms with Crippen molar-refractivity contribution in [2.45, 2.75) is 180 Å². The molecule has 0 aromatic heterocycles. The normalized spacial score (nSPS) is 24.5. The van der Waals surface area contributed by atoms with Crippen molar-refractivity contribution in [1.82, 2.24) is 0 Å². The maximum absolute atomic E-state index is 12.4. The van der Waals surface area contributed by atoms with Gasteiger partial charge in [0.15, 0.2) is 0 Å². The average molecular weight is 573 g/mol. The van der Waals surface area contributed by atoms with E-state index < -0.39 is 5.92 Å². The highest BCUT2D eigenvalue weighted by atomic mass is 16.5. The number of carbonyl (C=O) groups is 3. The SMILES string of the molecule is CCOC(=O)C1CCCCCC/C=C\CCCCCCCC1=O.O=C1CCCCCCC/C=C\CCCCCCC1. The van der Waals surface area contributed by atoms with Crippen LogP contribution in [0.3, 0.4) is 0 Å². The second-order valence-corrected chi connectivity index (χ2v) is 12.2. The predicted octanol–water partition coefficient (Wildman–Crippen LogP) is 11.0. The molecular weight excluding hydrogens is 508 g/mol. The molecule has 0 heterocycles. The molecule has 2 aliphatic rings. The van der Waals surface area contributed by atoms with Gasteiger partial charge in [-0.3, -0.25) is 14.4 Å². The lowest BCUT2D eigenvalue weighted by Crippen LogP contribution is -2.26. The Morgan fingerprint density at radius 1 is 0.561 bits per heavy atom. The molecule has 0 bridgehead atoms. The summed E-state index contributed by atoms with van der Waals surface area (Å²) in [6.07, 6.45) is 39.8. The van der Waals surface area contributed by atoms with Gasteiger partial charge in [0, 0.05) is 19.3 Å². The molecule has 236 valence electrons. The fourth-order valence-corrected chi connectivity index (χ4v) is 5.71. The van der Waals surface area contributed by atoms with Crippen LogP contribution in [0.1, 0.15) is 180 Å². The van der Waals surface area contributed by atoms with E-state index in [-0.39, 0.29) is 11.8 Å². The number of hydrogen-bond acceptors (Lipinski definition) is 4. The number of esters is 1. The van der Waals surface area contributed by atoms with Crippen molar-refractivity contribution >= 4 is 17.5 Å². The van der Waals surface area contributed by atoms with Gasteiger partial charge in [-0.2, -0.15) is 0 Å². The average Bonchev–Trinajstić information content (AvgIpc) is 2.97. The van der Waals surface area contributed by atoms with E-state index in [4.69, 9.17) is 4.74 Å². The van der Waals surface area contributed by atoms with Crippen molar-refractivity contribution in [3.05, 3.63) is 24.3 Å². The zero-order chi connectivity index (χ0) is 29.6. The Morgan fingerprint density at radius 3 is 1.37 bits per heavy atom. The van der Waals surface area contributed by atoms with E-state index in [1.165, 1.54) is 103 Å². The molecule has 0 aromatic rings. The lowest BCUT2D eigenvalue weighted by atomic mass is 9.93. The van der Waals surface area contributed by atoms with Crippen LogP contribution in [0.15, 0.2) is 24.3 Å². The van der Waals surface area contributed by atoms with Crippen molar-refractivity contribution < 1.29 is 19.1 Å². The highest BCUT2D eigenvalue weighted by Crippen LogP contribution is 2.19. The van der Waals surface area contributed by atoms with E-state index in [0.717, 1.165) is 57.8 Å². The third-order valence-electron chi connectivity index (χ3n) is 8.35. The van der Waals surface area contributed by atoms with Gasteiger partial charge in [0.2, 0.25) is 0 Å². The summed E-state index contributed by atoms with van der Waals surface area (Å²) in [5.74, 6) is -0.237. The summed E-state index contributed by atoms with van der Waals surface area (Å²) >= 11 is 0. The molecular formula is C37H64O4. The van der Waals surface area contributed by atoms with Crippen LogP contribution in [-0.4, -0.2) is 24.1 Å². The molecule has 1 atom stereocenters. The van der Waals surface area contributed by atoms with E-state index in [1.807, 2.05) is 0 Å². The summed E-state index contributed by atoms with van der Waals surface area (Å²) in [5.41, 5.74) is 0. The Balaban J connectivity index is 0.000000422. The Hall–Kier alpha value is -1.71. The third kappa shape index (κ3) is 23.5. The Bertz CT molecular complexity index is 686. The zero-order valence-electron chi connectivity index (χ0n) is 26.8. The summed E-state index contributed by atoms with van der Waals surface area (Å²) in [5, 5.41) is 0. The molecule has 4 nitrogen and oxygen atoms in total. The summed E-state index contributed by atoms with van der Waals surface area (Å²) in [6.45, 7) is 2.16. The first-order valence-corrected chi connectivity index (χ1v) is 17.7. The van der Waals surface area contributed by atoms with E-state index in [0.29, 0.717) is 25.2 Å². The van der Waals surface area contributed by atoms with Crippen LogP contribution < -0.4 is 0 Å². The van der Waals surface area contributed by atoms with Crippen LogP contribution in [0, 0.1) is 5.92 Å². The van der Waals surface area contributed by atoms with Crippen molar-refractivity contribution in [2.75, 3.05) is 6.61 Å². The van der Waals surface area contributed by atoms with E-state index in [2.05, 4.69) is 24.3 Å². The van der Waals surface area contributed by atoms with Crippen molar-refractivity contribution in [1.29, 1.82) is 0 Å². The van der Waals surface area contributed by atoms with E-state index in [1.54, 1.807) is 6.92 Å². The maximum atomic E-state index is 12.4. The molecule has 4 heteroatoms. The minimum absolute atomic E-state index is 0.0921. The molecule has 0 fully saturated rings. The number of ether oxygens (including phenoxy) is 1. The minimum atomic E-state index is -0.523. The van der Waals surface area contributed by atoms with Gasteiger partial charge >= 0.3 is 5.97 Å². The Morgan fingerprint density at radius 2 is 0.927 bits per heavy atom. The fraction of sp³-hybridized carbons (Fsp3) is 0.811. The van der Waals surface area contributed by atoms with Gasteiger partial charge in [-0.25, -0.2) is 0 Å². The quantitative estimate of drug-likeness (QED) is 0.187. The number of carbonyl (C=O) groups excluding carboxylic acids is 3. The maximum Gasteiger partial charge on any atom is 0.316 e. The van der Waals surface area contributed by atoms with Gasteiger partial charge in [-0.15, -0.1) is 0 Å². The van der Waals surface area contributed by atoms with Crippen LogP contribution in [0.25, 0.3) is 0 Å². The number of hydrogen-bond donors (Lipinski definition) is 0. The van der Waals surface area contributed by atoms with Crippen molar-refractivity contribution in [2.24, 2.45) is 5.92 Å². The molecule has 0 aromatic carbocycles. The second kappa shape index (κ2) is 28.4. The number of allylic oxidation sites excluding steroid dienone is 4. The lowest BCUT2D eigenvalue weighted by Gasteiger charge is -2.14. The predicted molar refractivity (Wildman–Crippen MR) is 173 cm³/mol. The molecule has 0 aliphatic heterocycles. The molecule has 41 heavy (non-hydrogen) atoms. The molecule has 0 saturated heterocycles. The standard InChI is InChI=1S/C20H34O3.C17H30O/c1-2-23-20(22)18-16-14-12-10-8-6-4-3-5-7-9-11-13-15-17-19(18)21;18-17-15-13-11-9-7-5-3-1-2-4-6-8-10-12-14-16-17/h3-4,18H,2,5-17H2,1H3;1-2H,3-16H2/b4-3-;2-1-. The highest BCUT2D eigenvalue weighted by Gasteiger charge is 2.26. The van der Waals surface area contributed by atoms with E-state index >= 15 is 0 Å². The van der Waals surface area contributed by atoms with Crippen molar-refractivity contribution in [3.63, 3.8) is 0 Å². The number of rotatable bonds is 2. The first kappa shape index (κ1) is 37.3. The zero-order valence-corrected chi connectivity index (χ0v) is 26.8. The van der Waals surface area contributed by atoms with Gasteiger partial charge in [0.05, 0.1) is 6.61 Å².